The van der Waals surface area contributed by atoms with Gasteiger partial charge in [-0.3, -0.25) is 4.79 Å². The van der Waals surface area contributed by atoms with Gasteiger partial charge in [-0.1, -0.05) is 6.07 Å². The Kier molecular flexibility index (Phi) is 6.15. The number of esters is 2. The third-order valence-electron chi connectivity index (χ3n) is 4.27. The number of carbonyl (C=O) groups excluding carboxylic acids is 3. The van der Waals surface area contributed by atoms with Crippen LogP contribution in [0.25, 0.3) is 0 Å². The Morgan fingerprint density at radius 2 is 1.61 bits per heavy atom. The lowest BCUT2D eigenvalue weighted by atomic mass is 10.1. The summed E-state index contributed by atoms with van der Waals surface area (Å²) in [6.45, 7) is 2.93. The molecule has 1 aliphatic heterocycles. The first-order chi connectivity index (χ1) is 14.7. The van der Waals surface area contributed by atoms with Crippen molar-refractivity contribution in [2.45, 2.75) is 19.6 Å². The number of amides is 1. The average Bonchev–Trinajstić information content (AvgIpc) is 2.72. The number of rotatable bonds is 6. The molecule has 0 aromatic heterocycles. The summed E-state index contributed by atoms with van der Waals surface area (Å²) in [4.78, 5) is 36.6. The van der Waals surface area contributed by atoms with E-state index in [9.17, 15) is 14.4 Å². The number of benzene rings is 2. The van der Waals surface area contributed by atoms with E-state index in [1.54, 1.807) is 42.5 Å². The molecule has 1 heterocycles. The highest BCUT2D eigenvalue weighted by Crippen LogP contribution is 2.30. The normalized spacial score (nSPS) is 14.8. The smallest absolute Gasteiger partial charge is 0.350 e. The van der Waals surface area contributed by atoms with Gasteiger partial charge in [0.25, 0.3) is 11.7 Å². The molecule has 0 unspecified atom stereocenters. The largest absolute Gasteiger partial charge is 0.493 e. The number of carbonyl (C=O) groups is 3. The van der Waals surface area contributed by atoms with Gasteiger partial charge in [0.15, 0.2) is 17.1 Å². The van der Waals surface area contributed by atoms with Crippen molar-refractivity contribution in [3.8, 4) is 11.5 Å². The Morgan fingerprint density at radius 3 is 2.26 bits per heavy atom. The third-order valence-corrected chi connectivity index (χ3v) is 4.27. The van der Waals surface area contributed by atoms with Gasteiger partial charge in [0, 0.05) is 43.1 Å². The second-order valence-electron chi connectivity index (χ2n) is 6.99. The molecule has 3 rings (SSSR count). The van der Waals surface area contributed by atoms with E-state index in [1.165, 1.54) is 34.3 Å². The molecular formula is C22H22N2O7. The quantitative estimate of drug-likeness (QED) is 0.412. The maximum Gasteiger partial charge on any atom is 0.350 e. The van der Waals surface area contributed by atoms with Gasteiger partial charge in [-0.05, 0) is 30.3 Å². The number of anilines is 2. The van der Waals surface area contributed by atoms with Crippen molar-refractivity contribution in [2.24, 2.45) is 0 Å². The maximum atomic E-state index is 12.6. The molecule has 1 saturated heterocycles. The van der Waals surface area contributed by atoms with Gasteiger partial charge in [-0.15, -0.1) is 0 Å². The molecule has 2 N–H and O–H groups in total. The molecule has 9 heteroatoms. The lowest BCUT2D eigenvalue weighted by Gasteiger charge is -2.29. The van der Waals surface area contributed by atoms with Gasteiger partial charge in [0.1, 0.15) is 0 Å². The first kappa shape index (κ1) is 21.7. The third kappa shape index (κ3) is 5.13. The summed E-state index contributed by atoms with van der Waals surface area (Å²) in [5.41, 5.74) is 1.09. The van der Waals surface area contributed by atoms with Crippen LogP contribution in [0, 0.1) is 0 Å². The topological polar surface area (TPSA) is 112 Å². The zero-order valence-corrected chi connectivity index (χ0v) is 17.5. The molecule has 0 radical (unpaired) electrons. The predicted molar refractivity (Wildman–Crippen MR) is 112 cm³/mol. The van der Waals surface area contributed by atoms with E-state index in [2.05, 4.69) is 10.6 Å². The van der Waals surface area contributed by atoms with E-state index < -0.39 is 17.7 Å². The van der Waals surface area contributed by atoms with Crippen LogP contribution in [0.3, 0.4) is 0 Å². The summed E-state index contributed by atoms with van der Waals surface area (Å²) >= 11 is 0. The molecule has 31 heavy (non-hydrogen) atoms. The standard InChI is InChI=1S/C22H22N2O7/c1-22(2)30-20(26)16(21(27)31-22)12-23-14-7-5-6-13(10-14)19(25)24-15-8-9-17(28-3)18(11-15)29-4/h5-12,23H,1-4H3,(H,24,25). The van der Waals surface area contributed by atoms with Crippen LogP contribution in [0.4, 0.5) is 11.4 Å². The zero-order chi connectivity index (χ0) is 22.6. The number of ether oxygens (including phenoxy) is 4. The molecule has 0 saturated carbocycles. The average molecular weight is 426 g/mol. The van der Waals surface area contributed by atoms with Gasteiger partial charge >= 0.3 is 11.9 Å². The van der Waals surface area contributed by atoms with E-state index in [0.717, 1.165) is 0 Å². The second-order valence-corrected chi connectivity index (χ2v) is 6.99. The first-order valence-corrected chi connectivity index (χ1v) is 9.29. The molecule has 0 atom stereocenters. The molecule has 1 fully saturated rings. The summed E-state index contributed by atoms with van der Waals surface area (Å²) in [5, 5.41) is 5.59. The molecule has 1 aliphatic rings. The summed E-state index contributed by atoms with van der Waals surface area (Å²) in [6.07, 6.45) is 1.19. The minimum absolute atomic E-state index is 0.278. The van der Waals surface area contributed by atoms with Crippen LogP contribution in [0.15, 0.2) is 54.2 Å². The van der Waals surface area contributed by atoms with Crippen LogP contribution in [-0.2, 0) is 19.1 Å². The zero-order valence-electron chi connectivity index (χ0n) is 17.5. The molecule has 0 bridgehead atoms. The van der Waals surface area contributed by atoms with Crippen LogP contribution in [0.5, 0.6) is 11.5 Å². The van der Waals surface area contributed by atoms with Crippen molar-refractivity contribution < 1.29 is 33.3 Å². The predicted octanol–water partition coefficient (Wildman–Crippen LogP) is 3.09. The Labute approximate surface area is 178 Å². The van der Waals surface area contributed by atoms with Gasteiger partial charge in [0.2, 0.25) is 0 Å². The highest BCUT2D eigenvalue weighted by Gasteiger charge is 2.38. The lowest BCUT2D eigenvalue weighted by molar-refractivity contribution is -0.222. The SMILES string of the molecule is COc1ccc(NC(=O)c2cccc(NC=C3C(=O)OC(C)(C)OC3=O)c2)cc1OC. The van der Waals surface area contributed by atoms with E-state index in [1.807, 2.05) is 0 Å². The van der Waals surface area contributed by atoms with Crippen LogP contribution in [-0.4, -0.2) is 37.9 Å². The summed E-state index contributed by atoms with van der Waals surface area (Å²) in [6, 6.07) is 11.5. The Bertz CT molecular complexity index is 1040. The van der Waals surface area contributed by atoms with Crippen molar-refractivity contribution in [2.75, 3.05) is 24.9 Å². The highest BCUT2D eigenvalue weighted by molar-refractivity contribution is 6.15. The number of hydrogen-bond acceptors (Lipinski definition) is 8. The Balaban J connectivity index is 1.72. The van der Waals surface area contributed by atoms with E-state index in [-0.39, 0.29) is 11.5 Å². The molecule has 9 nitrogen and oxygen atoms in total. The fourth-order valence-corrected chi connectivity index (χ4v) is 2.80. The van der Waals surface area contributed by atoms with Crippen molar-refractivity contribution in [1.29, 1.82) is 0 Å². The monoisotopic (exact) mass is 426 g/mol. The van der Waals surface area contributed by atoms with Gasteiger partial charge < -0.3 is 29.6 Å². The fourth-order valence-electron chi connectivity index (χ4n) is 2.80. The van der Waals surface area contributed by atoms with Crippen LogP contribution in [0.2, 0.25) is 0 Å². The first-order valence-electron chi connectivity index (χ1n) is 9.29. The maximum absolute atomic E-state index is 12.6. The van der Waals surface area contributed by atoms with Crippen molar-refractivity contribution >= 4 is 29.2 Å². The molecule has 0 aliphatic carbocycles. The fraction of sp³-hybridized carbons (Fsp3) is 0.227. The number of methoxy groups -OCH3 is 2. The molecule has 162 valence electrons. The van der Waals surface area contributed by atoms with Crippen molar-refractivity contribution in [1.82, 2.24) is 0 Å². The number of hydrogen-bond donors (Lipinski definition) is 2. The number of nitrogens with one attached hydrogen (secondary N) is 2. The molecule has 2 aromatic carbocycles. The molecule has 1 amide bonds. The van der Waals surface area contributed by atoms with Crippen LogP contribution >= 0.6 is 0 Å². The Morgan fingerprint density at radius 1 is 0.935 bits per heavy atom. The van der Waals surface area contributed by atoms with Crippen LogP contribution < -0.4 is 20.1 Å². The van der Waals surface area contributed by atoms with E-state index >= 15 is 0 Å². The van der Waals surface area contributed by atoms with Crippen molar-refractivity contribution in [3.63, 3.8) is 0 Å². The van der Waals surface area contributed by atoms with Gasteiger partial charge in [-0.2, -0.15) is 0 Å². The minimum Gasteiger partial charge on any atom is -0.493 e. The summed E-state index contributed by atoms with van der Waals surface area (Å²) in [5.74, 6) is -2.23. The van der Waals surface area contributed by atoms with E-state index in [0.29, 0.717) is 28.4 Å². The molecular weight excluding hydrogens is 404 g/mol. The van der Waals surface area contributed by atoms with Crippen LogP contribution in [0.1, 0.15) is 24.2 Å². The Hall–Kier alpha value is -4.01. The summed E-state index contributed by atoms with van der Waals surface area (Å²) in [7, 11) is 3.03. The van der Waals surface area contributed by atoms with E-state index in [4.69, 9.17) is 18.9 Å². The number of cyclic esters (lactones) is 2. The molecule has 0 spiro atoms. The lowest BCUT2D eigenvalue weighted by Crippen LogP contribution is -2.42. The van der Waals surface area contributed by atoms with Gasteiger partial charge in [0.05, 0.1) is 14.2 Å². The summed E-state index contributed by atoms with van der Waals surface area (Å²) < 4.78 is 20.5. The highest BCUT2D eigenvalue weighted by atomic mass is 16.7. The second kappa shape index (κ2) is 8.78. The minimum atomic E-state index is -1.31. The molecule has 2 aromatic rings. The van der Waals surface area contributed by atoms with Crippen molar-refractivity contribution in [3.05, 3.63) is 59.8 Å². The van der Waals surface area contributed by atoms with Gasteiger partial charge in [-0.25, -0.2) is 9.59 Å².